The van der Waals surface area contributed by atoms with Crippen LogP contribution in [0.4, 0.5) is 0 Å². The highest BCUT2D eigenvalue weighted by atomic mass is 16.7. The van der Waals surface area contributed by atoms with Gasteiger partial charge < -0.3 is 18.6 Å². The summed E-state index contributed by atoms with van der Waals surface area (Å²) in [5.41, 5.74) is -1.65. The number of benzene rings is 1. The number of methoxy groups -OCH3 is 1. The lowest BCUT2D eigenvalue weighted by atomic mass is 9.95. The van der Waals surface area contributed by atoms with Crippen LogP contribution in [0.25, 0.3) is 11.0 Å². The Morgan fingerprint density at radius 1 is 1.43 bits per heavy atom. The number of ether oxygens (including phenoxy) is 3. The Hall–Kier alpha value is -2.76. The van der Waals surface area contributed by atoms with Gasteiger partial charge in [-0.05, 0) is 18.0 Å². The zero-order valence-electron chi connectivity index (χ0n) is 16.8. The summed E-state index contributed by atoms with van der Waals surface area (Å²) in [5, 5.41) is 0.0201. The number of ketones is 1. The third-order valence-corrected chi connectivity index (χ3v) is 4.08. The molecule has 1 aromatic carbocycles. The topological polar surface area (TPSA) is 75.0 Å². The molecule has 0 N–H and O–H groups in total. The van der Waals surface area contributed by atoms with Crippen LogP contribution >= 0.6 is 0 Å². The van der Waals surface area contributed by atoms with Gasteiger partial charge in [-0.15, -0.1) is 0 Å². The summed E-state index contributed by atoms with van der Waals surface area (Å²) in [5.74, 6) is -2.76. The number of carbonyl (C=O) groups is 1. The molecule has 3 heterocycles. The van der Waals surface area contributed by atoms with Crippen molar-refractivity contribution in [3.63, 3.8) is 0 Å². The summed E-state index contributed by atoms with van der Waals surface area (Å²) in [6, 6.07) is -0.265. The quantitative estimate of drug-likeness (QED) is 0.751. The highest BCUT2D eigenvalue weighted by Gasteiger charge is 2.41. The second-order valence-electron chi connectivity index (χ2n) is 5.23. The van der Waals surface area contributed by atoms with Gasteiger partial charge in [-0.3, -0.25) is 4.79 Å². The van der Waals surface area contributed by atoms with Crippen LogP contribution in [-0.4, -0.2) is 19.2 Å². The van der Waals surface area contributed by atoms with Gasteiger partial charge in [0.15, 0.2) is 5.78 Å². The standard InChI is InChI=1S/C17H12O6/c1-20-10-6-11-14(8-4-5-21-17(8)22-11)15-13(10)7-2-3-9(18)12(7)16(19)23-15/h4-6,8,17H,2-3H2,1H3/t8-,17+/m0/s1/i2D,3D,5D,6D,8D/t2?,3?,8-,17+. The smallest absolute Gasteiger partial charge is 0.347 e. The first kappa shape index (κ1) is 8.76. The number of rotatable bonds is 1. The van der Waals surface area contributed by atoms with E-state index in [2.05, 4.69) is 0 Å². The third kappa shape index (κ3) is 1.48. The molecule has 116 valence electrons. The Bertz CT molecular complexity index is 1190. The van der Waals surface area contributed by atoms with Crippen molar-refractivity contribution in [2.24, 2.45) is 0 Å². The van der Waals surface area contributed by atoms with E-state index in [0.29, 0.717) is 0 Å². The van der Waals surface area contributed by atoms with Crippen LogP contribution in [0.3, 0.4) is 0 Å². The fourth-order valence-electron chi connectivity index (χ4n) is 3.11. The van der Waals surface area contributed by atoms with E-state index in [9.17, 15) is 9.59 Å². The molecule has 6 heteroatoms. The minimum Gasteiger partial charge on any atom is -0.496 e. The second-order valence-corrected chi connectivity index (χ2v) is 5.23. The predicted octanol–water partition coefficient (Wildman–Crippen LogP) is 2.28. The minimum atomic E-state index is -1.75. The Morgan fingerprint density at radius 2 is 2.30 bits per heavy atom. The van der Waals surface area contributed by atoms with Crippen LogP contribution in [0.1, 0.15) is 40.6 Å². The summed E-state index contributed by atoms with van der Waals surface area (Å²) >= 11 is 0. The van der Waals surface area contributed by atoms with Crippen LogP contribution in [0.15, 0.2) is 27.6 Å². The number of hydrogen-bond donors (Lipinski definition) is 0. The van der Waals surface area contributed by atoms with E-state index in [4.69, 9.17) is 25.5 Å². The highest BCUT2D eigenvalue weighted by Crippen LogP contribution is 2.50. The molecule has 6 nitrogen and oxygen atoms in total. The van der Waals surface area contributed by atoms with E-state index in [1.54, 1.807) is 0 Å². The van der Waals surface area contributed by atoms with Crippen LogP contribution in [-0.2, 0) is 11.1 Å². The van der Waals surface area contributed by atoms with Crippen LogP contribution in [0.5, 0.6) is 11.5 Å². The number of fused-ring (bicyclic) bond motifs is 7. The van der Waals surface area contributed by atoms with Crippen molar-refractivity contribution < 1.29 is 30.3 Å². The van der Waals surface area contributed by atoms with Gasteiger partial charge >= 0.3 is 5.63 Å². The van der Waals surface area contributed by atoms with E-state index in [1.165, 1.54) is 13.2 Å². The van der Waals surface area contributed by atoms with E-state index < -0.39 is 42.0 Å². The molecule has 5 rings (SSSR count). The molecule has 2 aliphatic heterocycles. The first-order valence-electron chi connectivity index (χ1n) is 9.49. The molecule has 3 aliphatic rings. The van der Waals surface area contributed by atoms with Crippen molar-refractivity contribution in [3.8, 4) is 11.5 Å². The maximum absolute atomic E-state index is 12.5. The fourth-order valence-corrected chi connectivity index (χ4v) is 3.11. The van der Waals surface area contributed by atoms with Crippen LogP contribution in [0, 0.1) is 0 Å². The predicted molar refractivity (Wildman–Crippen MR) is 79.1 cm³/mol. The zero-order chi connectivity index (χ0) is 20.1. The summed E-state index contributed by atoms with van der Waals surface area (Å²) in [7, 11) is 1.27. The van der Waals surface area contributed by atoms with E-state index in [1.807, 2.05) is 0 Å². The molecule has 0 fully saturated rings. The summed E-state index contributed by atoms with van der Waals surface area (Å²) in [6.07, 6.45) is -3.25. The average Bonchev–Trinajstić information content (AvgIpc) is 3.16. The van der Waals surface area contributed by atoms with Gasteiger partial charge in [0, 0.05) is 16.6 Å². The van der Waals surface area contributed by atoms with Gasteiger partial charge in [-0.2, -0.15) is 0 Å². The molecule has 2 unspecified atom stereocenters. The molecule has 1 aliphatic carbocycles. The lowest BCUT2D eigenvalue weighted by Gasteiger charge is -2.12. The number of hydrogen-bond acceptors (Lipinski definition) is 6. The molecule has 0 radical (unpaired) electrons. The lowest BCUT2D eigenvalue weighted by Crippen LogP contribution is -2.14. The molecule has 0 amide bonds. The van der Waals surface area contributed by atoms with Crippen LogP contribution in [0.2, 0.25) is 0 Å². The Kier molecular flexibility index (Phi) is 1.58. The van der Waals surface area contributed by atoms with Gasteiger partial charge in [-0.25, -0.2) is 4.79 Å². The molecule has 23 heavy (non-hydrogen) atoms. The number of Topliss-reactive ketones (excluding diaryl/α,β-unsaturated/α-hetero) is 1. The van der Waals surface area contributed by atoms with E-state index in [-0.39, 0.29) is 45.9 Å². The minimum absolute atomic E-state index is 0.00599. The number of aryl methyl sites for hydroxylation is 1. The molecule has 0 saturated heterocycles. The van der Waals surface area contributed by atoms with Gasteiger partial charge in [0.1, 0.15) is 24.0 Å². The first-order chi connectivity index (χ1) is 13.2. The Labute approximate surface area is 137 Å². The maximum atomic E-state index is 12.5. The SMILES string of the molecule is [2H]C1=C[C@@]2([2H])c3c(c([2H])c(OC)c4c5c(c(=O)oc34)C(=O)C([2H])C5[2H])O[C@H]2O1. The molecule has 0 spiro atoms. The van der Waals surface area contributed by atoms with Crippen molar-refractivity contribution in [2.45, 2.75) is 25.0 Å². The molecule has 0 bridgehead atoms. The molecular weight excluding hydrogens is 300 g/mol. The number of carbonyl (C=O) groups excluding carboxylic acids is 1. The van der Waals surface area contributed by atoms with Crippen molar-refractivity contribution in [1.29, 1.82) is 0 Å². The van der Waals surface area contributed by atoms with Crippen molar-refractivity contribution in [1.82, 2.24) is 0 Å². The van der Waals surface area contributed by atoms with Crippen molar-refractivity contribution in [3.05, 3.63) is 45.5 Å². The fraction of sp³-hybridized carbons (Fsp3) is 0.294. The van der Waals surface area contributed by atoms with Crippen molar-refractivity contribution >= 4 is 16.8 Å². The zero-order valence-corrected chi connectivity index (χ0v) is 11.8. The molecule has 2 aromatic rings. The van der Waals surface area contributed by atoms with Gasteiger partial charge in [-0.1, -0.05) is 0 Å². The molecule has 0 saturated carbocycles. The van der Waals surface area contributed by atoms with Crippen LogP contribution < -0.4 is 15.1 Å². The normalized spacial score (nSPS) is 36.6. The summed E-state index contributed by atoms with van der Waals surface area (Å²) < 4.78 is 62.4. The lowest BCUT2D eigenvalue weighted by molar-refractivity contribution is -0.00485. The monoisotopic (exact) mass is 317 g/mol. The first-order valence-corrected chi connectivity index (χ1v) is 6.84. The van der Waals surface area contributed by atoms with E-state index in [0.717, 1.165) is 0 Å². The van der Waals surface area contributed by atoms with Gasteiger partial charge in [0.2, 0.25) is 0 Å². The third-order valence-electron chi connectivity index (χ3n) is 4.08. The van der Waals surface area contributed by atoms with Gasteiger partial charge in [0.25, 0.3) is 6.29 Å². The summed E-state index contributed by atoms with van der Waals surface area (Å²) in [4.78, 5) is 24.9. The Balaban J connectivity index is 2.00. The highest BCUT2D eigenvalue weighted by molar-refractivity contribution is 6.06. The largest absolute Gasteiger partial charge is 0.496 e. The second kappa shape index (κ2) is 4.16. The molecular formula is C17H12O6. The summed E-state index contributed by atoms with van der Waals surface area (Å²) in [6.45, 7) is 0. The maximum Gasteiger partial charge on any atom is 0.347 e. The van der Waals surface area contributed by atoms with Crippen molar-refractivity contribution in [2.75, 3.05) is 7.11 Å². The Morgan fingerprint density at radius 3 is 3.13 bits per heavy atom. The van der Waals surface area contributed by atoms with Gasteiger partial charge in [0.05, 0.1) is 31.6 Å². The average molecular weight is 317 g/mol. The molecule has 1 aromatic heterocycles. The molecule has 4 atom stereocenters. The van der Waals surface area contributed by atoms with E-state index >= 15 is 0 Å².